The van der Waals surface area contributed by atoms with E-state index in [1.165, 1.54) is 12.1 Å². The van der Waals surface area contributed by atoms with Crippen LogP contribution in [0.2, 0.25) is 0 Å². The van der Waals surface area contributed by atoms with E-state index in [4.69, 9.17) is 4.74 Å². The summed E-state index contributed by atoms with van der Waals surface area (Å²) >= 11 is 0. The number of hydrogen-bond acceptors (Lipinski definition) is 3. The third-order valence-corrected chi connectivity index (χ3v) is 3.28. The molecule has 0 amide bonds. The predicted octanol–water partition coefficient (Wildman–Crippen LogP) is 3.28. The summed E-state index contributed by atoms with van der Waals surface area (Å²) in [6.07, 6.45) is 3.21. The number of rotatable bonds is 6. The largest absolute Gasteiger partial charge is 0.435 e. The first kappa shape index (κ1) is 14.2. The van der Waals surface area contributed by atoms with Gasteiger partial charge in [0.25, 0.3) is 0 Å². The fourth-order valence-corrected chi connectivity index (χ4v) is 2.25. The second-order valence-electron chi connectivity index (χ2n) is 4.68. The summed E-state index contributed by atoms with van der Waals surface area (Å²) in [4.78, 5) is 0. The number of halogens is 2. The zero-order valence-corrected chi connectivity index (χ0v) is 10.6. The van der Waals surface area contributed by atoms with Gasteiger partial charge in [-0.05, 0) is 43.4 Å². The molecular formula is C14H18F2O3. The third-order valence-electron chi connectivity index (χ3n) is 3.28. The van der Waals surface area contributed by atoms with Crippen LogP contribution < -0.4 is 4.74 Å². The first-order valence-corrected chi connectivity index (χ1v) is 6.49. The molecule has 0 aromatic heterocycles. The SMILES string of the molecule is OC(CCC1CCCO1)c1ccc(OC(F)F)cc1. The molecule has 1 aliphatic heterocycles. The Hall–Kier alpha value is -1.20. The molecule has 1 N–H and O–H groups in total. The first-order chi connectivity index (χ1) is 9.15. The van der Waals surface area contributed by atoms with Crippen LogP contribution in [-0.2, 0) is 4.74 Å². The molecule has 1 aromatic carbocycles. The highest BCUT2D eigenvalue weighted by molar-refractivity contribution is 5.28. The lowest BCUT2D eigenvalue weighted by molar-refractivity contribution is -0.0498. The molecule has 1 fully saturated rings. The molecule has 19 heavy (non-hydrogen) atoms. The van der Waals surface area contributed by atoms with Gasteiger partial charge in [0.2, 0.25) is 0 Å². The Labute approximate surface area is 111 Å². The molecule has 0 aliphatic carbocycles. The quantitative estimate of drug-likeness (QED) is 0.863. The van der Waals surface area contributed by atoms with Crippen molar-refractivity contribution >= 4 is 0 Å². The topological polar surface area (TPSA) is 38.7 Å². The lowest BCUT2D eigenvalue weighted by Crippen LogP contribution is -2.08. The maximum absolute atomic E-state index is 12.0. The number of benzene rings is 1. The first-order valence-electron chi connectivity index (χ1n) is 6.49. The summed E-state index contributed by atoms with van der Waals surface area (Å²) in [6.45, 7) is -2.02. The van der Waals surface area contributed by atoms with E-state index in [0.29, 0.717) is 12.0 Å². The Bertz CT molecular complexity index is 375. The van der Waals surface area contributed by atoms with Crippen molar-refractivity contribution in [1.82, 2.24) is 0 Å². The van der Waals surface area contributed by atoms with Crippen molar-refractivity contribution < 1.29 is 23.4 Å². The van der Waals surface area contributed by atoms with Crippen LogP contribution in [0.3, 0.4) is 0 Å². The average Bonchev–Trinajstić information content (AvgIpc) is 2.89. The molecule has 0 saturated carbocycles. The van der Waals surface area contributed by atoms with E-state index in [1.807, 2.05) is 0 Å². The van der Waals surface area contributed by atoms with Gasteiger partial charge in [-0.1, -0.05) is 12.1 Å². The summed E-state index contributed by atoms with van der Waals surface area (Å²) in [5, 5.41) is 10.0. The van der Waals surface area contributed by atoms with E-state index < -0.39 is 12.7 Å². The number of alkyl halides is 2. The van der Waals surface area contributed by atoms with E-state index in [9.17, 15) is 13.9 Å². The third kappa shape index (κ3) is 4.44. The van der Waals surface area contributed by atoms with Crippen LogP contribution in [0.4, 0.5) is 8.78 Å². The molecule has 106 valence electrons. The van der Waals surface area contributed by atoms with Crippen molar-refractivity contribution in [2.75, 3.05) is 6.61 Å². The number of ether oxygens (including phenoxy) is 2. The molecule has 3 nitrogen and oxygen atoms in total. The van der Waals surface area contributed by atoms with Gasteiger partial charge in [0.05, 0.1) is 12.2 Å². The number of aliphatic hydroxyl groups is 1. The Kier molecular flexibility index (Phi) is 5.10. The second kappa shape index (κ2) is 6.82. The summed E-state index contributed by atoms with van der Waals surface area (Å²) < 4.78 is 33.7. The summed E-state index contributed by atoms with van der Waals surface area (Å²) in [7, 11) is 0. The van der Waals surface area contributed by atoms with Gasteiger partial charge >= 0.3 is 6.61 Å². The minimum atomic E-state index is -2.82. The van der Waals surface area contributed by atoms with Crippen LogP contribution in [0.1, 0.15) is 37.4 Å². The average molecular weight is 272 g/mol. The van der Waals surface area contributed by atoms with E-state index in [0.717, 1.165) is 25.9 Å². The van der Waals surface area contributed by atoms with E-state index >= 15 is 0 Å². The van der Waals surface area contributed by atoms with Gasteiger partial charge in [-0.2, -0.15) is 8.78 Å². The van der Waals surface area contributed by atoms with Gasteiger partial charge in [-0.25, -0.2) is 0 Å². The molecule has 1 aromatic rings. The Balaban J connectivity index is 1.82. The van der Waals surface area contributed by atoms with Gasteiger partial charge in [0.15, 0.2) is 0 Å². The van der Waals surface area contributed by atoms with E-state index in [2.05, 4.69) is 4.74 Å². The summed E-state index contributed by atoms with van der Waals surface area (Å²) in [5.74, 6) is 0.102. The lowest BCUT2D eigenvalue weighted by Gasteiger charge is -2.14. The molecule has 1 heterocycles. The highest BCUT2D eigenvalue weighted by atomic mass is 19.3. The van der Waals surface area contributed by atoms with E-state index in [-0.39, 0.29) is 11.9 Å². The van der Waals surface area contributed by atoms with Gasteiger partial charge in [0.1, 0.15) is 5.75 Å². The van der Waals surface area contributed by atoms with Crippen molar-refractivity contribution in [3.8, 4) is 5.75 Å². The highest BCUT2D eigenvalue weighted by Gasteiger charge is 2.17. The molecule has 2 rings (SSSR count). The molecule has 5 heteroatoms. The highest BCUT2D eigenvalue weighted by Crippen LogP contribution is 2.25. The van der Waals surface area contributed by atoms with Crippen molar-refractivity contribution in [2.24, 2.45) is 0 Å². The predicted molar refractivity (Wildman–Crippen MR) is 66.2 cm³/mol. The zero-order chi connectivity index (χ0) is 13.7. The van der Waals surface area contributed by atoms with Crippen molar-refractivity contribution in [3.05, 3.63) is 29.8 Å². The Morgan fingerprint density at radius 3 is 2.63 bits per heavy atom. The van der Waals surface area contributed by atoms with Crippen LogP contribution in [0.25, 0.3) is 0 Å². The normalized spacial score (nSPS) is 20.7. The maximum Gasteiger partial charge on any atom is 0.387 e. The van der Waals surface area contributed by atoms with Crippen molar-refractivity contribution in [1.29, 1.82) is 0 Å². The fourth-order valence-electron chi connectivity index (χ4n) is 2.25. The van der Waals surface area contributed by atoms with Crippen LogP contribution in [-0.4, -0.2) is 24.4 Å². The number of hydrogen-bond donors (Lipinski definition) is 1. The van der Waals surface area contributed by atoms with Crippen molar-refractivity contribution in [3.63, 3.8) is 0 Å². The molecule has 2 atom stereocenters. The lowest BCUT2D eigenvalue weighted by atomic mass is 10.0. The van der Waals surface area contributed by atoms with E-state index in [1.54, 1.807) is 12.1 Å². The van der Waals surface area contributed by atoms with Crippen LogP contribution in [0.5, 0.6) is 5.75 Å². The molecule has 1 aliphatic rings. The minimum Gasteiger partial charge on any atom is -0.435 e. The van der Waals surface area contributed by atoms with Gasteiger partial charge < -0.3 is 14.6 Å². The summed E-state index contributed by atoms with van der Waals surface area (Å²) in [6, 6.07) is 6.10. The smallest absolute Gasteiger partial charge is 0.387 e. The van der Waals surface area contributed by atoms with Crippen LogP contribution in [0.15, 0.2) is 24.3 Å². The molecule has 0 spiro atoms. The monoisotopic (exact) mass is 272 g/mol. The maximum atomic E-state index is 12.0. The molecule has 1 saturated heterocycles. The van der Waals surface area contributed by atoms with Gasteiger partial charge in [-0.15, -0.1) is 0 Å². The fraction of sp³-hybridized carbons (Fsp3) is 0.571. The molecule has 0 radical (unpaired) electrons. The Morgan fingerprint density at radius 2 is 2.05 bits per heavy atom. The standard InChI is InChI=1S/C14H18F2O3/c15-14(16)19-12-5-3-10(4-6-12)13(17)8-7-11-2-1-9-18-11/h3-6,11,13-14,17H,1-2,7-9H2. The molecule has 0 bridgehead atoms. The summed E-state index contributed by atoms with van der Waals surface area (Å²) in [5.41, 5.74) is 0.708. The minimum absolute atomic E-state index is 0.102. The van der Waals surface area contributed by atoms with Crippen LogP contribution in [0, 0.1) is 0 Å². The van der Waals surface area contributed by atoms with Gasteiger partial charge in [0, 0.05) is 6.61 Å². The molecule has 2 unspecified atom stereocenters. The van der Waals surface area contributed by atoms with Gasteiger partial charge in [-0.3, -0.25) is 0 Å². The molecular weight excluding hydrogens is 254 g/mol. The second-order valence-corrected chi connectivity index (χ2v) is 4.68. The van der Waals surface area contributed by atoms with Crippen molar-refractivity contribution in [2.45, 2.75) is 44.5 Å². The zero-order valence-electron chi connectivity index (χ0n) is 10.6. The Morgan fingerprint density at radius 1 is 1.32 bits per heavy atom. The number of aliphatic hydroxyl groups excluding tert-OH is 1. The van der Waals surface area contributed by atoms with Crippen LogP contribution >= 0.6 is 0 Å².